The summed E-state index contributed by atoms with van der Waals surface area (Å²) in [5.41, 5.74) is -0.888. The molecule has 2 heteroatoms. The lowest BCUT2D eigenvalue weighted by atomic mass is 9.95. The maximum absolute atomic E-state index is 13.4. The molecule has 0 aromatic rings. The molecule has 0 radical (unpaired) electrons. The van der Waals surface area contributed by atoms with Gasteiger partial charge in [-0.15, -0.1) is 0 Å². The van der Waals surface area contributed by atoms with Crippen molar-refractivity contribution in [3.63, 3.8) is 0 Å². The molecular formula is C11H22FN. The number of piperidine rings is 1. The first-order chi connectivity index (χ1) is 6.14. The zero-order valence-corrected chi connectivity index (χ0v) is 8.98. The third-order valence-electron chi connectivity index (χ3n) is 2.98. The Hall–Kier alpha value is -0.110. The highest BCUT2D eigenvalue weighted by Gasteiger charge is 2.28. The highest BCUT2D eigenvalue weighted by Crippen LogP contribution is 2.25. The van der Waals surface area contributed by atoms with Crippen LogP contribution in [0.15, 0.2) is 0 Å². The summed E-state index contributed by atoms with van der Waals surface area (Å²) >= 11 is 0. The second-order valence-corrected chi connectivity index (χ2v) is 4.46. The minimum Gasteiger partial charge on any atom is -0.303 e. The van der Waals surface area contributed by atoms with Crippen LogP contribution in [0.5, 0.6) is 0 Å². The van der Waals surface area contributed by atoms with Crippen molar-refractivity contribution < 1.29 is 4.39 Å². The number of alkyl halides is 1. The van der Waals surface area contributed by atoms with Gasteiger partial charge in [0, 0.05) is 13.1 Å². The number of hydrogen-bond acceptors (Lipinski definition) is 1. The molecule has 78 valence electrons. The van der Waals surface area contributed by atoms with Gasteiger partial charge in [0.15, 0.2) is 0 Å². The number of rotatable bonds is 4. The van der Waals surface area contributed by atoms with Crippen LogP contribution >= 0.6 is 0 Å². The van der Waals surface area contributed by atoms with Crippen LogP contribution in [0.3, 0.4) is 0 Å². The number of unbranched alkanes of at least 4 members (excludes halogenated alkanes) is 2. The lowest BCUT2D eigenvalue weighted by molar-refractivity contribution is 0.0733. The highest BCUT2D eigenvalue weighted by molar-refractivity contribution is 4.81. The molecule has 0 N–H and O–H groups in total. The van der Waals surface area contributed by atoms with Crippen LogP contribution in [-0.2, 0) is 0 Å². The summed E-state index contributed by atoms with van der Waals surface area (Å²) in [5, 5.41) is 0. The molecule has 0 amide bonds. The van der Waals surface area contributed by atoms with Gasteiger partial charge in [0.25, 0.3) is 0 Å². The van der Waals surface area contributed by atoms with E-state index in [1.165, 1.54) is 25.8 Å². The van der Waals surface area contributed by atoms with Gasteiger partial charge in [-0.3, -0.25) is 0 Å². The Morgan fingerprint density at radius 3 is 2.38 bits per heavy atom. The molecule has 1 saturated heterocycles. The molecule has 0 aromatic carbocycles. The van der Waals surface area contributed by atoms with Gasteiger partial charge in [-0.05, 0) is 32.7 Å². The van der Waals surface area contributed by atoms with Crippen LogP contribution in [-0.4, -0.2) is 30.2 Å². The molecule has 0 spiro atoms. The Labute approximate surface area is 81.3 Å². The van der Waals surface area contributed by atoms with E-state index >= 15 is 0 Å². The number of halogens is 1. The number of likely N-dealkylation sites (tertiary alicyclic amines) is 1. The van der Waals surface area contributed by atoms with Gasteiger partial charge in [0.2, 0.25) is 0 Å². The summed E-state index contributed by atoms with van der Waals surface area (Å²) in [6.45, 7) is 7.03. The third-order valence-corrected chi connectivity index (χ3v) is 2.98. The monoisotopic (exact) mass is 187 g/mol. The van der Waals surface area contributed by atoms with E-state index in [1.807, 2.05) is 0 Å². The predicted octanol–water partition coefficient (Wildman–Crippen LogP) is 3.00. The Morgan fingerprint density at radius 1 is 1.23 bits per heavy atom. The molecule has 1 heterocycles. The van der Waals surface area contributed by atoms with Gasteiger partial charge in [0.05, 0.1) is 0 Å². The second-order valence-electron chi connectivity index (χ2n) is 4.46. The minimum atomic E-state index is -0.888. The van der Waals surface area contributed by atoms with E-state index in [2.05, 4.69) is 11.8 Å². The molecule has 1 fully saturated rings. The Kier molecular flexibility index (Phi) is 4.17. The van der Waals surface area contributed by atoms with E-state index in [-0.39, 0.29) is 0 Å². The fourth-order valence-electron chi connectivity index (χ4n) is 1.83. The van der Waals surface area contributed by atoms with E-state index < -0.39 is 5.67 Å². The summed E-state index contributed by atoms with van der Waals surface area (Å²) in [4.78, 5) is 2.40. The van der Waals surface area contributed by atoms with Gasteiger partial charge in [-0.2, -0.15) is 0 Å². The first-order valence-corrected chi connectivity index (χ1v) is 5.55. The third kappa shape index (κ3) is 4.08. The average Bonchev–Trinajstić information content (AvgIpc) is 2.08. The van der Waals surface area contributed by atoms with Crippen molar-refractivity contribution in [3.05, 3.63) is 0 Å². The first-order valence-electron chi connectivity index (χ1n) is 5.55. The summed E-state index contributed by atoms with van der Waals surface area (Å²) in [5.74, 6) is 0. The number of hydrogen-bond donors (Lipinski definition) is 0. The lowest BCUT2D eigenvalue weighted by Gasteiger charge is -2.34. The maximum Gasteiger partial charge on any atom is 0.110 e. The van der Waals surface area contributed by atoms with Crippen LogP contribution in [0.2, 0.25) is 0 Å². The predicted molar refractivity (Wildman–Crippen MR) is 54.7 cm³/mol. The molecule has 0 atom stereocenters. The quantitative estimate of drug-likeness (QED) is 0.611. The molecule has 13 heavy (non-hydrogen) atoms. The van der Waals surface area contributed by atoms with Crippen molar-refractivity contribution in [2.45, 2.75) is 51.6 Å². The summed E-state index contributed by atoms with van der Waals surface area (Å²) in [6.07, 6.45) is 5.30. The fraction of sp³-hybridized carbons (Fsp3) is 1.00. The fourth-order valence-corrected chi connectivity index (χ4v) is 1.83. The lowest BCUT2D eigenvalue weighted by Crippen LogP contribution is -2.40. The Balaban J connectivity index is 2.11. The van der Waals surface area contributed by atoms with E-state index in [1.54, 1.807) is 6.92 Å². The van der Waals surface area contributed by atoms with Crippen molar-refractivity contribution in [1.82, 2.24) is 4.90 Å². The molecular weight excluding hydrogens is 165 g/mol. The smallest absolute Gasteiger partial charge is 0.110 e. The van der Waals surface area contributed by atoms with Crippen molar-refractivity contribution in [3.8, 4) is 0 Å². The van der Waals surface area contributed by atoms with E-state index in [0.29, 0.717) is 0 Å². The van der Waals surface area contributed by atoms with E-state index in [4.69, 9.17) is 0 Å². The second kappa shape index (κ2) is 4.94. The topological polar surface area (TPSA) is 3.24 Å². The summed E-state index contributed by atoms with van der Waals surface area (Å²) < 4.78 is 13.4. The summed E-state index contributed by atoms with van der Waals surface area (Å²) in [7, 11) is 0. The molecule has 0 aromatic heterocycles. The van der Waals surface area contributed by atoms with Crippen molar-refractivity contribution in [1.29, 1.82) is 0 Å². The molecule has 1 nitrogen and oxygen atoms in total. The standard InChI is InChI=1S/C11H22FN/c1-3-4-5-8-13-9-6-11(2,12)7-10-13/h3-10H2,1-2H3. The van der Waals surface area contributed by atoms with Gasteiger partial charge in [-0.1, -0.05) is 19.8 Å². The van der Waals surface area contributed by atoms with Crippen LogP contribution in [0.4, 0.5) is 4.39 Å². The van der Waals surface area contributed by atoms with Crippen LogP contribution in [0, 0.1) is 0 Å². The molecule has 0 bridgehead atoms. The van der Waals surface area contributed by atoms with Gasteiger partial charge >= 0.3 is 0 Å². The maximum atomic E-state index is 13.4. The van der Waals surface area contributed by atoms with Gasteiger partial charge in [0.1, 0.15) is 5.67 Å². The van der Waals surface area contributed by atoms with E-state index in [9.17, 15) is 4.39 Å². The van der Waals surface area contributed by atoms with Crippen molar-refractivity contribution in [2.24, 2.45) is 0 Å². The summed E-state index contributed by atoms with van der Waals surface area (Å²) in [6, 6.07) is 0. The van der Waals surface area contributed by atoms with Crippen LogP contribution in [0.1, 0.15) is 46.0 Å². The zero-order valence-electron chi connectivity index (χ0n) is 8.98. The normalized spacial score (nSPS) is 23.3. The zero-order chi connectivity index (χ0) is 9.73. The van der Waals surface area contributed by atoms with E-state index in [0.717, 1.165) is 25.9 Å². The van der Waals surface area contributed by atoms with Gasteiger partial charge < -0.3 is 4.90 Å². The average molecular weight is 187 g/mol. The van der Waals surface area contributed by atoms with Crippen molar-refractivity contribution >= 4 is 0 Å². The molecule has 0 aliphatic carbocycles. The number of nitrogens with zero attached hydrogens (tertiary/aromatic N) is 1. The SMILES string of the molecule is CCCCCN1CCC(C)(F)CC1. The van der Waals surface area contributed by atoms with Crippen molar-refractivity contribution in [2.75, 3.05) is 19.6 Å². The minimum absolute atomic E-state index is 0.721. The highest BCUT2D eigenvalue weighted by atomic mass is 19.1. The van der Waals surface area contributed by atoms with Crippen LogP contribution < -0.4 is 0 Å². The molecule has 0 unspecified atom stereocenters. The largest absolute Gasteiger partial charge is 0.303 e. The van der Waals surface area contributed by atoms with Gasteiger partial charge in [-0.25, -0.2) is 4.39 Å². The first kappa shape index (κ1) is 11.0. The Morgan fingerprint density at radius 2 is 1.85 bits per heavy atom. The van der Waals surface area contributed by atoms with Crippen LogP contribution in [0.25, 0.3) is 0 Å². The molecule has 0 saturated carbocycles. The molecule has 1 rings (SSSR count). The molecule has 1 aliphatic heterocycles. The Bertz CT molecular complexity index is 135. The molecule has 1 aliphatic rings.